The summed E-state index contributed by atoms with van der Waals surface area (Å²) in [5.41, 5.74) is 1.44. The first-order valence-electron chi connectivity index (χ1n) is 2.73. The van der Waals surface area contributed by atoms with E-state index >= 15 is 0 Å². The van der Waals surface area contributed by atoms with E-state index in [-0.39, 0.29) is 5.56 Å². The van der Waals surface area contributed by atoms with Gasteiger partial charge in [0, 0.05) is 5.56 Å². The quantitative estimate of drug-likeness (QED) is 0.543. The average Bonchev–Trinajstić information content (AvgIpc) is 1.80. The molecule has 0 aromatic carbocycles. The fraction of sp³-hybridized carbons (Fsp3) is 0.333. The molecule has 0 aliphatic heterocycles. The Hall–Kier alpha value is -1.12. The number of hydrogen-bond acceptors (Lipinski definition) is 2. The lowest BCUT2D eigenvalue weighted by atomic mass is 10.3. The fourth-order valence-corrected chi connectivity index (χ4v) is 0.638. The number of aryl methyl sites for hydroxylation is 2. The number of nitrogens with zero attached hydrogens (tertiary/aromatic N) is 1. The van der Waals surface area contributed by atoms with Crippen molar-refractivity contribution in [3.05, 3.63) is 27.7 Å². The van der Waals surface area contributed by atoms with Crippen LogP contribution in [-0.2, 0) is 0 Å². The Morgan fingerprint density at radius 1 is 1.56 bits per heavy atom. The summed E-state index contributed by atoms with van der Waals surface area (Å²) in [6.07, 6.45) is 0. The van der Waals surface area contributed by atoms with Gasteiger partial charge in [0.1, 0.15) is 0 Å². The van der Waals surface area contributed by atoms with Gasteiger partial charge in [0.25, 0.3) is 5.56 Å². The summed E-state index contributed by atoms with van der Waals surface area (Å²) in [5.74, 6) is 0. The molecule has 0 bridgehead atoms. The van der Waals surface area contributed by atoms with Gasteiger partial charge in [-0.2, -0.15) is 5.10 Å². The molecule has 0 spiro atoms. The molecule has 0 radical (unpaired) electrons. The van der Waals surface area contributed by atoms with Gasteiger partial charge in [0.15, 0.2) is 0 Å². The van der Waals surface area contributed by atoms with Crippen molar-refractivity contribution < 1.29 is 0 Å². The maximum absolute atomic E-state index is 10.7. The van der Waals surface area contributed by atoms with Crippen LogP contribution in [0.4, 0.5) is 0 Å². The van der Waals surface area contributed by atoms with Gasteiger partial charge in [-0.3, -0.25) is 4.79 Å². The van der Waals surface area contributed by atoms with Gasteiger partial charge in [0.05, 0.1) is 5.69 Å². The standard InChI is InChI=1S/C6H8N2O/c1-4-3-5(2)7-8-6(4)9/h3H,1-2H3,(H,8,9). The Morgan fingerprint density at radius 2 is 2.22 bits per heavy atom. The molecule has 0 aliphatic rings. The van der Waals surface area contributed by atoms with Gasteiger partial charge in [-0.05, 0) is 19.9 Å². The number of rotatable bonds is 0. The molecule has 0 atom stereocenters. The highest BCUT2D eigenvalue weighted by Gasteiger charge is 1.90. The van der Waals surface area contributed by atoms with E-state index in [2.05, 4.69) is 10.2 Å². The zero-order valence-electron chi connectivity index (χ0n) is 5.43. The lowest BCUT2D eigenvalue weighted by molar-refractivity contribution is 0.929. The lowest BCUT2D eigenvalue weighted by Gasteiger charge is -1.89. The molecule has 0 fully saturated rings. The van der Waals surface area contributed by atoms with Gasteiger partial charge in [-0.1, -0.05) is 0 Å². The van der Waals surface area contributed by atoms with Crippen molar-refractivity contribution in [2.24, 2.45) is 0 Å². The molecule has 3 heteroatoms. The van der Waals surface area contributed by atoms with Gasteiger partial charge >= 0.3 is 0 Å². The van der Waals surface area contributed by atoms with Gasteiger partial charge in [0.2, 0.25) is 0 Å². The SMILES string of the molecule is Cc1cc(C)c(=O)[nH]n1. The summed E-state index contributed by atoms with van der Waals surface area (Å²) in [7, 11) is 0. The second-order valence-corrected chi connectivity index (χ2v) is 2.02. The monoisotopic (exact) mass is 124 g/mol. The van der Waals surface area contributed by atoms with Crippen molar-refractivity contribution in [1.29, 1.82) is 0 Å². The Labute approximate surface area is 52.7 Å². The topological polar surface area (TPSA) is 45.8 Å². The van der Waals surface area contributed by atoms with Crippen LogP contribution in [-0.4, -0.2) is 10.2 Å². The van der Waals surface area contributed by atoms with Crippen LogP contribution in [0.3, 0.4) is 0 Å². The second-order valence-electron chi connectivity index (χ2n) is 2.02. The number of aromatic amines is 1. The molecule has 1 aromatic rings. The largest absolute Gasteiger partial charge is 0.268 e. The molecule has 1 heterocycles. The maximum atomic E-state index is 10.7. The smallest absolute Gasteiger partial charge is 0.267 e. The first-order valence-corrected chi connectivity index (χ1v) is 2.73. The summed E-state index contributed by atoms with van der Waals surface area (Å²) in [6.45, 7) is 3.59. The van der Waals surface area contributed by atoms with Crippen LogP contribution in [0.2, 0.25) is 0 Å². The average molecular weight is 124 g/mol. The number of hydrogen-bond donors (Lipinski definition) is 1. The normalized spacial score (nSPS) is 9.56. The third-order valence-corrected chi connectivity index (χ3v) is 1.12. The van der Waals surface area contributed by atoms with E-state index < -0.39 is 0 Å². The van der Waals surface area contributed by atoms with Crippen molar-refractivity contribution >= 4 is 0 Å². The molecule has 0 saturated heterocycles. The Balaban J connectivity index is 3.34. The van der Waals surface area contributed by atoms with Crippen LogP contribution in [0.25, 0.3) is 0 Å². The molecular weight excluding hydrogens is 116 g/mol. The minimum Gasteiger partial charge on any atom is -0.268 e. The van der Waals surface area contributed by atoms with E-state index in [4.69, 9.17) is 0 Å². The van der Waals surface area contributed by atoms with Gasteiger partial charge in [-0.15, -0.1) is 0 Å². The molecular formula is C6H8N2O. The van der Waals surface area contributed by atoms with Crippen LogP contribution in [0.5, 0.6) is 0 Å². The van der Waals surface area contributed by atoms with Gasteiger partial charge < -0.3 is 0 Å². The molecule has 0 unspecified atom stereocenters. The Bertz CT molecular complexity index is 264. The van der Waals surface area contributed by atoms with Crippen molar-refractivity contribution in [3.8, 4) is 0 Å². The predicted molar refractivity (Wildman–Crippen MR) is 34.3 cm³/mol. The third kappa shape index (κ3) is 1.16. The molecule has 0 aliphatic carbocycles. The molecule has 0 saturated carbocycles. The van der Waals surface area contributed by atoms with Crippen molar-refractivity contribution in [2.75, 3.05) is 0 Å². The summed E-state index contributed by atoms with van der Waals surface area (Å²) in [5, 5.41) is 6.06. The van der Waals surface area contributed by atoms with Crippen LogP contribution >= 0.6 is 0 Å². The van der Waals surface area contributed by atoms with Crippen molar-refractivity contribution in [3.63, 3.8) is 0 Å². The first-order chi connectivity index (χ1) is 4.20. The van der Waals surface area contributed by atoms with Crippen LogP contribution in [0, 0.1) is 13.8 Å². The molecule has 48 valence electrons. The number of H-pyrrole nitrogens is 1. The summed E-state index contributed by atoms with van der Waals surface area (Å²) >= 11 is 0. The molecule has 9 heavy (non-hydrogen) atoms. The maximum Gasteiger partial charge on any atom is 0.267 e. The van der Waals surface area contributed by atoms with E-state index in [0.717, 1.165) is 5.69 Å². The summed E-state index contributed by atoms with van der Waals surface area (Å²) in [4.78, 5) is 10.7. The zero-order valence-corrected chi connectivity index (χ0v) is 5.43. The van der Waals surface area contributed by atoms with E-state index in [1.165, 1.54) is 0 Å². The highest BCUT2D eigenvalue weighted by atomic mass is 16.1. The second kappa shape index (κ2) is 2.01. The van der Waals surface area contributed by atoms with Crippen LogP contribution in [0.15, 0.2) is 10.9 Å². The molecule has 1 N–H and O–H groups in total. The molecule has 1 aromatic heterocycles. The van der Waals surface area contributed by atoms with Crippen molar-refractivity contribution in [1.82, 2.24) is 10.2 Å². The van der Waals surface area contributed by atoms with Crippen LogP contribution in [0.1, 0.15) is 11.3 Å². The highest BCUT2D eigenvalue weighted by molar-refractivity contribution is 5.08. The van der Waals surface area contributed by atoms with Gasteiger partial charge in [-0.25, -0.2) is 5.10 Å². The third-order valence-electron chi connectivity index (χ3n) is 1.12. The predicted octanol–water partition coefficient (Wildman–Crippen LogP) is 0.387. The number of nitrogens with one attached hydrogen (secondary N) is 1. The van der Waals surface area contributed by atoms with E-state index in [1.807, 2.05) is 6.92 Å². The summed E-state index contributed by atoms with van der Waals surface area (Å²) in [6, 6.07) is 1.75. The highest BCUT2D eigenvalue weighted by Crippen LogP contribution is 1.88. The zero-order chi connectivity index (χ0) is 6.85. The Morgan fingerprint density at radius 3 is 2.67 bits per heavy atom. The van der Waals surface area contributed by atoms with Crippen molar-refractivity contribution in [2.45, 2.75) is 13.8 Å². The lowest BCUT2D eigenvalue weighted by Crippen LogP contribution is -2.11. The minimum absolute atomic E-state index is 0.111. The fourth-order valence-electron chi connectivity index (χ4n) is 0.638. The van der Waals surface area contributed by atoms with E-state index in [9.17, 15) is 4.79 Å². The van der Waals surface area contributed by atoms with Crippen LogP contribution < -0.4 is 5.56 Å². The minimum atomic E-state index is -0.111. The Kier molecular flexibility index (Phi) is 1.34. The number of aromatic nitrogens is 2. The summed E-state index contributed by atoms with van der Waals surface area (Å²) < 4.78 is 0. The van der Waals surface area contributed by atoms with E-state index in [0.29, 0.717) is 5.56 Å². The first kappa shape index (κ1) is 6.01. The van der Waals surface area contributed by atoms with E-state index in [1.54, 1.807) is 13.0 Å². The molecule has 0 amide bonds. The molecule has 1 rings (SSSR count). The molecule has 3 nitrogen and oxygen atoms in total.